The van der Waals surface area contributed by atoms with Gasteiger partial charge in [-0.05, 0) is 24.0 Å². The van der Waals surface area contributed by atoms with Crippen LogP contribution in [0.3, 0.4) is 0 Å². The lowest BCUT2D eigenvalue weighted by Crippen LogP contribution is -2.09. The minimum absolute atomic E-state index is 0.181. The zero-order valence-corrected chi connectivity index (χ0v) is 9.84. The summed E-state index contributed by atoms with van der Waals surface area (Å²) in [7, 11) is 1.28. The quantitative estimate of drug-likeness (QED) is 0.642. The first-order valence-electron chi connectivity index (χ1n) is 4.55. The van der Waals surface area contributed by atoms with Crippen LogP contribution in [-0.2, 0) is 16.0 Å². The highest BCUT2D eigenvalue weighted by atomic mass is 32.2. The van der Waals surface area contributed by atoms with Crippen molar-refractivity contribution in [1.82, 2.24) is 0 Å². The second-order valence-corrected chi connectivity index (χ2v) is 3.96. The summed E-state index contributed by atoms with van der Waals surface area (Å²) in [4.78, 5) is 23.0. The van der Waals surface area contributed by atoms with Crippen molar-refractivity contribution in [2.45, 2.75) is 11.3 Å². The van der Waals surface area contributed by atoms with Gasteiger partial charge in [-0.2, -0.15) is 0 Å². The van der Waals surface area contributed by atoms with Crippen LogP contribution in [0.5, 0.6) is 0 Å². The van der Waals surface area contributed by atoms with Gasteiger partial charge in [-0.15, -0.1) is 11.8 Å². The lowest BCUT2D eigenvalue weighted by atomic mass is 10.0. The predicted octanol–water partition coefficient (Wildman–Crippen LogP) is 1.82. The highest BCUT2D eigenvalue weighted by Crippen LogP contribution is 2.20. The number of methoxy groups -OCH3 is 1. The molecule has 0 heterocycles. The fraction of sp³-hybridized carbons (Fsp3) is 0.273. The lowest BCUT2D eigenvalue weighted by molar-refractivity contribution is -0.136. The van der Waals surface area contributed by atoms with Gasteiger partial charge in [0.25, 0.3) is 0 Å². The molecule has 0 saturated carbocycles. The molecule has 0 amide bonds. The van der Waals surface area contributed by atoms with Crippen LogP contribution in [0.25, 0.3) is 0 Å². The molecule has 4 nitrogen and oxygen atoms in total. The fourth-order valence-corrected chi connectivity index (χ4v) is 1.74. The van der Waals surface area contributed by atoms with Crippen molar-refractivity contribution >= 4 is 23.7 Å². The Kier molecular flexibility index (Phi) is 4.37. The summed E-state index contributed by atoms with van der Waals surface area (Å²) in [5.41, 5.74) is 0.786. The Hall–Kier alpha value is -1.49. The summed E-state index contributed by atoms with van der Waals surface area (Å²) < 4.78 is 4.62. The molecule has 0 bridgehead atoms. The lowest BCUT2D eigenvalue weighted by Gasteiger charge is -2.07. The highest BCUT2D eigenvalue weighted by molar-refractivity contribution is 7.98. The van der Waals surface area contributed by atoms with Gasteiger partial charge in [-0.1, -0.05) is 6.07 Å². The Morgan fingerprint density at radius 3 is 2.62 bits per heavy atom. The van der Waals surface area contributed by atoms with Gasteiger partial charge >= 0.3 is 11.9 Å². The number of ether oxygens (including phenoxy) is 1. The van der Waals surface area contributed by atoms with Gasteiger partial charge in [0.05, 0.1) is 19.1 Å². The summed E-state index contributed by atoms with van der Waals surface area (Å²) in [6, 6.07) is 5.08. The van der Waals surface area contributed by atoms with Crippen LogP contribution in [0.2, 0.25) is 0 Å². The molecule has 0 atom stereocenters. The minimum atomic E-state index is -0.970. The summed E-state index contributed by atoms with van der Waals surface area (Å²) in [6.45, 7) is 0. The normalized spacial score (nSPS) is 9.88. The van der Waals surface area contributed by atoms with Gasteiger partial charge in [0.15, 0.2) is 0 Å². The number of aliphatic carboxylic acids is 1. The first-order valence-corrected chi connectivity index (χ1v) is 5.78. The minimum Gasteiger partial charge on any atom is -0.481 e. The van der Waals surface area contributed by atoms with Crippen LogP contribution < -0.4 is 0 Å². The molecule has 1 aromatic carbocycles. The third-order valence-electron chi connectivity index (χ3n) is 2.06. The second kappa shape index (κ2) is 5.55. The van der Waals surface area contributed by atoms with E-state index in [0.29, 0.717) is 11.1 Å². The number of rotatable bonds is 4. The summed E-state index contributed by atoms with van der Waals surface area (Å²) in [6.07, 6.45) is 1.70. The Bertz CT molecular complexity index is 414. The van der Waals surface area contributed by atoms with Crippen molar-refractivity contribution < 1.29 is 19.4 Å². The van der Waals surface area contributed by atoms with E-state index < -0.39 is 11.9 Å². The molecule has 0 spiro atoms. The van der Waals surface area contributed by atoms with Gasteiger partial charge in [0, 0.05) is 4.90 Å². The highest BCUT2D eigenvalue weighted by Gasteiger charge is 2.14. The van der Waals surface area contributed by atoms with Crippen LogP contribution in [0.4, 0.5) is 0 Å². The average molecular weight is 240 g/mol. The van der Waals surface area contributed by atoms with E-state index >= 15 is 0 Å². The van der Waals surface area contributed by atoms with E-state index in [1.807, 2.05) is 6.26 Å². The van der Waals surface area contributed by atoms with E-state index in [9.17, 15) is 9.59 Å². The van der Waals surface area contributed by atoms with Gasteiger partial charge < -0.3 is 9.84 Å². The number of carbonyl (C=O) groups is 2. The molecule has 1 rings (SSSR count). The van der Waals surface area contributed by atoms with E-state index in [-0.39, 0.29) is 6.42 Å². The number of hydrogen-bond acceptors (Lipinski definition) is 4. The van der Waals surface area contributed by atoms with Crippen molar-refractivity contribution in [3.8, 4) is 0 Å². The van der Waals surface area contributed by atoms with Gasteiger partial charge in [-0.3, -0.25) is 4.79 Å². The van der Waals surface area contributed by atoms with E-state index in [4.69, 9.17) is 5.11 Å². The number of carbonyl (C=O) groups excluding carboxylic acids is 1. The maximum atomic E-state index is 11.5. The molecule has 0 unspecified atom stereocenters. The monoisotopic (exact) mass is 240 g/mol. The van der Waals surface area contributed by atoms with E-state index in [1.165, 1.54) is 18.9 Å². The van der Waals surface area contributed by atoms with Crippen LogP contribution in [0, 0.1) is 0 Å². The zero-order chi connectivity index (χ0) is 12.1. The van der Waals surface area contributed by atoms with Crippen LogP contribution in [0.15, 0.2) is 23.1 Å². The largest absolute Gasteiger partial charge is 0.481 e. The molecule has 0 saturated heterocycles. The number of esters is 1. The third-order valence-corrected chi connectivity index (χ3v) is 2.79. The zero-order valence-electron chi connectivity index (χ0n) is 9.02. The number of carboxylic acids is 1. The first kappa shape index (κ1) is 12.6. The van der Waals surface area contributed by atoms with Crippen molar-refractivity contribution in [3.63, 3.8) is 0 Å². The van der Waals surface area contributed by atoms with Crippen molar-refractivity contribution in [3.05, 3.63) is 29.3 Å². The fourth-order valence-electron chi connectivity index (χ4n) is 1.30. The van der Waals surface area contributed by atoms with Crippen LogP contribution in [-0.4, -0.2) is 30.4 Å². The number of hydrogen-bond donors (Lipinski definition) is 1. The third kappa shape index (κ3) is 3.00. The van der Waals surface area contributed by atoms with Crippen molar-refractivity contribution in [2.75, 3.05) is 13.4 Å². The summed E-state index contributed by atoms with van der Waals surface area (Å²) in [5.74, 6) is -1.48. The molecule has 0 aliphatic heterocycles. The molecule has 16 heavy (non-hydrogen) atoms. The first-order chi connectivity index (χ1) is 7.58. The molecule has 1 N–H and O–H groups in total. The van der Waals surface area contributed by atoms with E-state index in [0.717, 1.165) is 4.90 Å². The molecule has 0 fully saturated rings. The SMILES string of the molecule is COC(=O)c1cc(SC)ccc1CC(=O)O. The number of thioether (sulfide) groups is 1. The molecule has 5 heteroatoms. The van der Waals surface area contributed by atoms with Crippen molar-refractivity contribution in [2.24, 2.45) is 0 Å². The molecule has 1 aromatic rings. The maximum Gasteiger partial charge on any atom is 0.338 e. The van der Waals surface area contributed by atoms with Gasteiger partial charge in [-0.25, -0.2) is 4.79 Å². The maximum absolute atomic E-state index is 11.5. The molecule has 0 aliphatic rings. The number of carboxylic acid groups (broad SMARTS) is 1. The van der Waals surface area contributed by atoms with Crippen molar-refractivity contribution in [1.29, 1.82) is 0 Å². The van der Waals surface area contributed by atoms with Gasteiger partial charge in [0.2, 0.25) is 0 Å². The summed E-state index contributed by atoms with van der Waals surface area (Å²) >= 11 is 1.48. The Balaban J connectivity index is 3.15. The Morgan fingerprint density at radius 2 is 2.12 bits per heavy atom. The molecule has 86 valence electrons. The second-order valence-electron chi connectivity index (χ2n) is 3.09. The average Bonchev–Trinajstić information content (AvgIpc) is 2.28. The standard InChI is InChI=1S/C11H12O4S/c1-15-11(14)9-6-8(16-2)4-3-7(9)5-10(12)13/h3-4,6H,5H2,1-2H3,(H,12,13). The van der Waals surface area contributed by atoms with E-state index in [2.05, 4.69) is 4.74 Å². The Labute approximate surface area is 97.6 Å². The Morgan fingerprint density at radius 1 is 1.44 bits per heavy atom. The summed E-state index contributed by atoms with van der Waals surface area (Å²) in [5, 5.41) is 8.72. The molecule has 0 aliphatic carbocycles. The predicted molar refractivity (Wildman–Crippen MR) is 60.9 cm³/mol. The number of benzene rings is 1. The molecular weight excluding hydrogens is 228 g/mol. The van der Waals surface area contributed by atoms with Crippen LogP contribution >= 0.6 is 11.8 Å². The topological polar surface area (TPSA) is 63.6 Å². The van der Waals surface area contributed by atoms with E-state index in [1.54, 1.807) is 18.2 Å². The van der Waals surface area contributed by atoms with Crippen LogP contribution in [0.1, 0.15) is 15.9 Å². The smallest absolute Gasteiger partial charge is 0.338 e. The van der Waals surface area contributed by atoms with Gasteiger partial charge in [0.1, 0.15) is 0 Å². The molecule has 0 radical (unpaired) electrons. The molecular formula is C11H12O4S. The molecule has 0 aromatic heterocycles.